The average Bonchev–Trinajstić information content (AvgIpc) is 2.28. The number of hydrogen-bond acceptors (Lipinski definition) is 2. The molecule has 0 aliphatic heterocycles. The van der Waals surface area contributed by atoms with Gasteiger partial charge in [0.05, 0.1) is 12.5 Å². The SMILES string of the molecule is COC(=O)C1(CCCl)CCCC(C(C)C)C1. The Kier molecular flexibility index (Phi) is 5.10. The number of carbonyl (C=O) groups is 1. The van der Waals surface area contributed by atoms with E-state index in [0.29, 0.717) is 17.7 Å². The molecule has 1 rings (SSSR count). The van der Waals surface area contributed by atoms with E-state index in [9.17, 15) is 4.79 Å². The van der Waals surface area contributed by atoms with Crippen LogP contribution in [0.2, 0.25) is 0 Å². The lowest BCUT2D eigenvalue weighted by atomic mass is 9.65. The van der Waals surface area contributed by atoms with Crippen molar-refractivity contribution in [1.82, 2.24) is 0 Å². The van der Waals surface area contributed by atoms with Crippen LogP contribution in [-0.4, -0.2) is 19.0 Å². The predicted molar refractivity (Wildman–Crippen MR) is 66.6 cm³/mol. The molecule has 1 fully saturated rings. The van der Waals surface area contributed by atoms with Crippen molar-refractivity contribution >= 4 is 17.6 Å². The fraction of sp³-hybridized carbons (Fsp3) is 0.923. The standard InChI is InChI=1S/C13H23ClO2/c1-10(2)11-5-4-6-13(9-11,7-8-14)12(15)16-3/h10-11H,4-9H2,1-3H3. The summed E-state index contributed by atoms with van der Waals surface area (Å²) in [5, 5.41) is 0. The highest BCUT2D eigenvalue weighted by Crippen LogP contribution is 2.45. The molecule has 0 bridgehead atoms. The van der Waals surface area contributed by atoms with Gasteiger partial charge >= 0.3 is 5.97 Å². The summed E-state index contributed by atoms with van der Waals surface area (Å²) >= 11 is 5.84. The van der Waals surface area contributed by atoms with Gasteiger partial charge in [-0.05, 0) is 31.1 Å². The van der Waals surface area contributed by atoms with Gasteiger partial charge in [-0.25, -0.2) is 0 Å². The molecule has 0 N–H and O–H groups in total. The van der Waals surface area contributed by atoms with Gasteiger partial charge in [0.1, 0.15) is 0 Å². The Morgan fingerprint density at radius 3 is 2.75 bits per heavy atom. The van der Waals surface area contributed by atoms with Crippen molar-refractivity contribution < 1.29 is 9.53 Å². The first-order valence-electron chi connectivity index (χ1n) is 6.20. The lowest BCUT2D eigenvalue weighted by Crippen LogP contribution is -2.39. The Morgan fingerprint density at radius 2 is 2.25 bits per heavy atom. The zero-order valence-electron chi connectivity index (χ0n) is 10.6. The van der Waals surface area contributed by atoms with Gasteiger partial charge in [0.15, 0.2) is 0 Å². The lowest BCUT2D eigenvalue weighted by molar-refractivity contribution is -0.156. The first-order chi connectivity index (χ1) is 7.55. The van der Waals surface area contributed by atoms with Crippen molar-refractivity contribution in [2.45, 2.75) is 46.0 Å². The van der Waals surface area contributed by atoms with Crippen molar-refractivity contribution in [1.29, 1.82) is 0 Å². The number of methoxy groups -OCH3 is 1. The Bertz CT molecular complexity index is 236. The molecule has 0 spiro atoms. The molecular weight excluding hydrogens is 224 g/mol. The van der Waals surface area contributed by atoms with Crippen molar-refractivity contribution in [2.24, 2.45) is 17.3 Å². The quantitative estimate of drug-likeness (QED) is 0.560. The van der Waals surface area contributed by atoms with Crippen LogP contribution in [0.15, 0.2) is 0 Å². The normalized spacial score (nSPS) is 30.4. The summed E-state index contributed by atoms with van der Waals surface area (Å²) in [4.78, 5) is 12.0. The number of ether oxygens (including phenoxy) is 1. The average molecular weight is 247 g/mol. The maximum Gasteiger partial charge on any atom is 0.311 e. The van der Waals surface area contributed by atoms with Crippen molar-refractivity contribution in [3.8, 4) is 0 Å². The van der Waals surface area contributed by atoms with Gasteiger partial charge in [-0.1, -0.05) is 26.7 Å². The van der Waals surface area contributed by atoms with Crippen molar-refractivity contribution in [3.63, 3.8) is 0 Å². The number of hydrogen-bond donors (Lipinski definition) is 0. The Labute approximate surface area is 104 Å². The third-order valence-electron chi connectivity index (χ3n) is 4.02. The predicted octanol–water partition coefficient (Wildman–Crippen LogP) is 3.62. The fourth-order valence-corrected chi connectivity index (χ4v) is 3.25. The summed E-state index contributed by atoms with van der Waals surface area (Å²) in [5.74, 6) is 1.76. The largest absolute Gasteiger partial charge is 0.469 e. The molecule has 3 heteroatoms. The molecule has 0 aromatic carbocycles. The van der Waals surface area contributed by atoms with Crippen LogP contribution in [0.5, 0.6) is 0 Å². The van der Waals surface area contributed by atoms with Gasteiger partial charge < -0.3 is 4.74 Å². The highest BCUT2D eigenvalue weighted by molar-refractivity contribution is 6.18. The molecule has 0 saturated heterocycles. The number of halogens is 1. The van der Waals surface area contributed by atoms with Crippen LogP contribution in [-0.2, 0) is 9.53 Å². The number of esters is 1. The van der Waals surface area contributed by atoms with Crippen molar-refractivity contribution in [2.75, 3.05) is 13.0 Å². The Morgan fingerprint density at radius 1 is 1.56 bits per heavy atom. The minimum absolute atomic E-state index is 0.0569. The molecule has 1 saturated carbocycles. The fourth-order valence-electron chi connectivity index (χ4n) is 2.89. The second-order valence-corrected chi connectivity index (χ2v) is 5.69. The summed E-state index contributed by atoms with van der Waals surface area (Å²) in [6.07, 6.45) is 5.00. The van der Waals surface area contributed by atoms with E-state index in [1.807, 2.05) is 0 Å². The van der Waals surface area contributed by atoms with Crippen LogP contribution in [0, 0.1) is 17.3 Å². The van der Waals surface area contributed by atoms with E-state index in [2.05, 4.69) is 13.8 Å². The van der Waals surface area contributed by atoms with Crippen LogP contribution < -0.4 is 0 Å². The number of rotatable bonds is 4. The van der Waals surface area contributed by atoms with Crippen molar-refractivity contribution in [3.05, 3.63) is 0 Å². The van der Waals surface area contributed by atoms with E-state index in [0.717, 1.165) is 25.7 Å². The van der Waals surface area contributed by atoms with Gasteiger partial charge in [0.25, 0.3) is 0 Å². The van der Waals surface area contributed by atoms with E-state index >= 15 is 0 Å². The highest BCUT2D eigenvalue weighted by Gasteiger charge is 2.43. The summed E-state index contributed by atoms with van der Waals surface area (Å²) < 4.78 is 4.98. The van der Waals surface area contributed by atoms with E-state index in [1.54, 1.807) is 0 Å². The van der Waals surface area contributed by atoms with E-state index in [4.69, 9.17) is 16.3 Å². The third kappa shape index (κ3) is 2.91. The Balaban J connectivity index is 2.79. The molecule has 0 aromatic rings. The van der Waals surface area contributed by atoms with Crippen LogP contribution in [0.1, 0.15) is 46.0 Å². The second kappa shape index (κ2) is 5.90. The van der Waals surface area contributed by atoms with Crippen LogP contribution >= 0.6 is 11.6 Å². The molecule has 1 aliphatic carbocycles. The summed E-state index contributed by atoms with van der Waals surface area (Å²) in [6.45, 7) is 4.47. The first kappa shape index (κ1) is 13.8. The molecule has 94 valence electrons. The molecule has 2 nitrogen and oxygen atoms in total. The van der Waals surface area contributed by atoms with Gasteiger partial charge in [0, 0.05) is 5.88 Å². The van der Waals surface area contributed by atoms with E-state index in [-0.39, 0.29) is 11.4 Å². The Hall–Kier alpha value is -0.240. The number of alkyl halides is 1. The van der Waals surface area contributed by atoms with E-state index < -0.39 is 0 Å². The molecule has 0 amide bonds. The van der Waals surface area contributed by atoms with Gasteiger partial charge in [-0.15, -0.1) is 11.6 Å². The van der Waals surface area contributed by atoms with Gasteiger partial charge in [-0.3, -0.25) is 4.79 Å². The second-order valence-electron chi connectivity index (χ2n) is 5.31. The smallest absolute Gasteiger partial charge is 0.311 e. The molecule has 2 unspecified atom stereocenters. The molecule has 1 aliphatic rings. The minimum atomic E-state index is -0.302. The van der Waals surface area contributed by atoms with Crippen LogP contribution in [0.4, 0.5) is 0 Å². The summed E-state index contributed by atoms with van der Waals surface area (Å²) in [7, 11) is 1.48. The van der Waals surface area contributed by atoms with Crippen LogP contribution in [0.3, 0.4) is 0 Å². The maximum atomic E-state index is 12.0. The molecule has 2 atom stereocenters. The van der Waals surface area contributed by atoms with Crippen LogP contribution in [0.25, 0.3) is 0 Å². The first-order valence-corrected chi connectivity index (χ1v) is 6.73. The van der Waals surface area contributed by atoms with Gasteiger partial charge in [0.2, 0.25) is 0 Å². The van der Waals surface area contributed by atoms with E-state index in [1.165, 1.54) is 13.5 Å². The molecule has 0 aromatic heterocycles. The summed E-state index contributed by atoms with van der Waals surface area (Å²) in [5.41, 5.74) is -0.302. The maximum absolute atomic E-state index is 12.0. The monoisotopic (exact) mass is 246 g/mol. The lowest BCUT2D eigenvalue weighted by Gasteiger charge is -2.39. The topological polar surface area (TPSA) is 26.3 Å². The third-order valence-corrected chi connectivity index (χ3v) is 4.21. The molecule has 16 heavy (non-hydrogen) atoms. The summed E-state index contributed by atoms with van der Waals surface area (Å²) in [6, 6.07) is 0. The molecular formula is C13H23ClO2. The minimum Gasteiger partial charge on any atom is -0.469 e. The highest BCUT2D eigenvalue weighted by atomic mass is 35.5. The van der Waals surface area contributed by atoms with Gasteiger partial charge in [-0.2, -0.15) is 0 Å². The zero-order valence-corrected chi connectivity index (χ0v) is 11.3. The molecule has 0 heterocycles. The zero-order chi connectivity index (χ0) is 12.2. The molecule has 0 radical (unpaired) electrons. The number of carbonyl (C=O) groups excluding carboxylic acids is 1.